The number of methoxy groups -OCH3 is 2. The van der Waals surface area contributed by atoms with Gasteiger partial charge in [-0.25, -0.2) is 38.5 Å². The van der Waals surface area contributed by atoms with Crippen LogP contribution in [0.4, 0.5) is 0 Å². The zero-order valence-electron chi connectivity index (χ0n) is 68.4. The van der Waals surface area contributed by atoms with Gasteiger partial charge < -0.3 is 122 Å². The summed E-state index contributed by atoms with van der Waals surface area (Å²) < 4.78 is 71.7. The number of Topliss-reactive ketones (excluding diaryl/α,β-unsaturated/α-hetero) is 1. The zero-order chi connectivity index (χ0) is 90.7. The van der Waals surface area contributed by atoms with Crippen molar-refractivity contribution in [3.05, 3.63) is 184 Å². The van der Waals surface area contributed by atoms with Crippen molar-refractivity contribution in [3.63, 3.8) is 0 Å². The van der Waals surface area contributed by atoms with E-state index in [1.807, 2.05) is 12.1 Å². The van der Waals surface area contributed by atoms with Gasteiger partial charge in [-0.1, -0.05) is 60.4 Å². The van der Waals surface area contributed by atoms with Gasteiger partial charge in [0.1, 0.15) is 102 Å². The first-order chi connectivity index (χ1) is 59.6. The van der Waals surface area contributed by atoms with Gasteiger partial charge in [-0.3, -0.25) is 14.7 Å². The number of hydrogen-bond acceptors (Lipinski definition) is 32. The van der Waals surface area contributed by atoms with E-state index in [0.29, 0.717) is 122 Å². The lowest BCUT2D eigenvalue weighted by atomic mass is 9.77. The summed E-state index contributed by atoms with van der Waals surface area (Å²) in [4.78, 5) is 99.7. The SMILES string of the molecule is CC(=O)c1ccc2c(c1C(=O)O)OB(O)CC2.COc1ncc2c(c1C(=O)O)OB(O)CC2.Cc1ccc2c(c1C(=O)O)OB(O)COC2.O=C(O)c1c(CCc2nncs2)ccc2c1OB(O)CC2.O=C(O)c1c(OCC#CCN2CCC2)ccc2c1OB(O)CC2.O=C(O)c1cncc2c1OB(O)CC2.[2H]C1([2H])Cc2ccc(OC)c(C(=O)O)c2OB1O. The Morgan fingerprint density at radius 3 is 1.47 bits per heavy atom. The average Bonchev–Trinajstić information content (AvgIpc) is 1.01. The number of carbonyl (C=O) groups excluding carboxylic acids is 1. The highest BCUT2D eigenvalue weighted by Gasteiger charge is 2.37. The van der Waals surface area contributed by atoms with Crippen LogP contribution in [0.15, 0.2) is 84.8 Å². The Morgan fingerprint density at radius 1 is 0.480 bits per heavy atom. The van der Waals surface area contributed by atoms with Crippen molar-refractivity contribution in [2.45, 2.75) is 116 Å². The van der Waals surface area contributed by atoms with Gasteiger partial charge in [0.15, 0.2) is 11.3 Å². The van der Waals surface area contributed by atoms with Crippen LogP contribution >= 0.6 is 11.3 Å². The molecule has 5 aromatic carbocycles. The summed E-state index contributed by atoms with van der Waals surface area (Å²) in [7, 11) is -4.98. The largest absolute Gasteiger partial charge is 0.550 e. The van der Waals surface area contributed by atoms with E-state index in [2.05, 4.69) is 36.9 Å². The van der Waals surface area contributed by atoms with Gasteiger partial charge in [0.25, 0.3) is 0 Å². The van der Waals surface area contributed by atoms with Crippen molar-refractivity contribution >= 4 is 109 Å². The molecule has 0 saturated carbocycles. The number of carboxylic acids is 7. The number of likely N-dealkylation sites (tertiary alicyclic amines) is 1. The highest BCUT2D eigenvalue weighted by Crippen LogP contribution is 2.41. The standard InChI is InChI=1S/C16H18BNO5.C13H13BN2O4S.C11H11BO5.2C10H11BO5.C9H10BNO5.C8H8BNO4/c19-16(20)14-13(22-11-2-1-8-18-9-3-10-18)5-4-12-6-7-17(21)23-15(12)14;17-13(18)11-8(3-4-10-16-15-7-21-10)1-2-9-5-6-14(19)20-12(9)11;1-6(13)8-3-2-7-4-5-12(16)17-10(7)9(8)11(14)15;1-6-2-3-7-4-15-5-11(14)16-9(7)8(6)10(12)13;1-15-7-3-2-6-4-5-11(14)16-9(6)8(7)10(12)13;1-15-8-6(9(12)13)7-5(4-11-8)2-3-10(14)16-7;11-8(12)6-4-10-3-5-1-2-9(13)14-7(5)6/h4-5,21H,3,6-11H2,(H,19,20);1-2,7,19H,3-6H2,(H,17,18);2-3,16H,4-5H2,1H3,(H,14,15);2*2-3,14H,4-5H2,1H3,(H,12,13);4,14H,2-3H2,1H3,(H,12,13);3-4,13H,1-2H2,(H,11,12)/i;;;;5D2;;. The Kier molecular flexibility index (Phi) is 31.7. The molecule has 0 aliphatic carbocycles. The molecule has 3 aromatic heterocycles. The van der Waals surface area contributed by atoms with Crippen molar-refractivity contribution in [3.8, 4) is 69.5 Å². The first kappa shape index (κ1) is 89.8. The molecule has 16 rings (SSSR count). The maximum Gasteiger partial charge on any atom is 0.550 e. The summed E-state index contributed by atoms with van der Waals surface area (Å²) in [5.74, 6) is -0.951. The fourth-order valence-electron chi connectivity index (χ4n) is 13.4. The molecule has 0 unspecified atom stereocenters. The predicted molar refractivity (Wildman–Crippen MR) is 440 cm³/mol. The highest BCUT2D eigenvalue weighted by molar-refractivity contribution is 7.09. The van der Waals surface area contributed by atoms with Gasteiger partial charge in [0, 0.05) is 63.1 Å². The van der Waals surface area contributed by atoms with E-state index in [1.165, 1.54) is 69.5 Å². The van der Waals surface area contributed by atoms with Crippen molar-refractivity contribution in [2.75, 3.05) is 47.0 Å². The van der Waals surface area contributed by atoms with E-state index < -0.39 is 97.9 Å². The lowest BCUT2D eigenvalue weighted by molar-refractivity contribution is 0.0678. The van der Waals surface area contributed by atoms with Gasteiger partial charge in [0.05, 0.1) is 33.9 Å². The van der Waals surface area contributed by atoms with Crippen LogP contribution in [0.2, 0.25) is 37.9 Å². The number of aryl methyl sites for hydroxylation is 9. The number of hydrogen-bond donors (Lipinski definition) is 14. The number of ketones is 1. The number of aromatic nitrogens is 4. The smallest absolute Gasteiger partial charge is 0.535 e. The van der Waals surface area contributed by atoms with Crippen LogP contribution < -0.4 is 46.8 Å². The first-order valence-corrected chi connectivity index (χ1v) is 39.0. The highest BCUT2D eigenvalue weighted by atomic mass is 32.1. The van der Waals surface area contributed by atoms with E-state index in [9.17, 15) is 83.7 Å². The van der Waals surface area contributed by atoms with E-state index in [1.54, 1.807) is 49.0 Å². The molecule has 8 aliphatic rings. The Morgan fingerprint density at radius 2 is 0.951 bits per heavy atom. The number of benzene rings is 5. The number of aromatic carboxylic acids is 7. The topological polar surface area (TPSA) is 576 Å². The predicted octanol–water partition coefficient (Wildman–Crippen LogP) is 5.16. The normalized spacial score (nSPS) is 15.2. The zero-order valence-corrected chi connectivity index (χ0v) is 67.2. The minimum atomic E-state index is -1.95. The van der Waals surface area contributed by atoms with Gasteiger partial charge >= 0.3 is 91.6 Å². The molecule has 8 aromatic rings. The Bertz CT molecular complexity index is 5400. The summed E-state index contributed by atoms with van der Waals surface area (Å²) in [5, 5.41) is 139. The van der Waals surface area contributed by atoms with Gasteiger partial charge in [-0.05, 0) is 149 Å². The van der Waals surface area contributed by atoms with Gasteiger partial charge in [0.2, 0.25) is 5.88 Å². The Hall–Kier alpha value is -12.4. The number of pyridine rings is 2. The third-order valence-electron chi connectivity index (χ3n) is 19.5. The molecular weight excluding hydrogens is 1630 g/mol. The maximum atomic E-state index is 11.6. The van der Waals surface area contributed by atoms with Crippen molar-refractivity contribution in [1.82, 2.24) is 25.1 Å². The molecule has 38 nitrogen and oxygen atoms in total. The summed E-state index contributed by atoms with van der Waals surface area (Å²) in [6.45, 7) is 6.27. The number of nitrogens with zero attached hydrogens (tertiary/aromatic N) is 5. The number of carboxylic acid groups (broad SMARTS) is 7. The molecule has 1 saturated heterocycles. The van der Waals surface area contributed by atoms with E-state index in [4.69, 9.17) is 79.8 Å². The van der Waals surface area contributed by atoms with Crippen molar-refractivity contribution < 1.29 is 164 Å². The molecule has 0 spiro atoms. The summed E-state index contributed by atoms with van der Waals surface area (Å²) in [6, 6.07) is 16.7. The second kappa shape index (κ2) is 43.4. The number of rotatable bonds is 16. The molecule has 1 fully saturated rings. The van der Waals surface area contributed by atoms with Crippen LogP contribution in [0.25, 0.3) is 0 Å². The minimum Gasteiger partial charge on any atom is -0.535 e. The van der Waals surface area contributed by atoms with Crippen LogP contribution in [0, 0.1) is 18.8 Å². The molecule has 0 radical (unpaired) electrons. The fourth-order valence-corrected chi connectivity index (χ4v) is 13.9. The van der Waals surface area contributed by atoms with Crippen LogP contribution in [0.5, 0.6) is 57.6 Å². The molecule has 11 heterocycles. The van der Waals surface area contributed by atoms with Crippen molar-refractivity contribution in [1.29, 1.82) is 0 Å². The quantitative estimate of drug-likeness (QED) is 0.0337. The Balaban J connectivity index is 0.000000153. The van der Waals surface area contributed by atoms with Crippen LogP contribution in [-0.2, 0) is 62.7 Å². The monoisotopic (exact) mass is 1720 g/mol. The van der Waals surface area contributed by atoms with Crippen molar-refractivity contribution in [2.24, 2.45) is 0 Å². The van der Waals surface area contributed by atoms with Crippen LogP contribution in [-0.4, -0.2) is 240 Å². The molecule has 8 aliphatic heterocycles. The fraction of sp³-hybridized carbons (Fsp3) is 0.325. The molecule has 46 heteroatoms. The third kappa shape index (κ3) is 24.1. The maximum absolute atomic E-state index is 11.6. The summed E-state index contributed by atoms with van der Waals surface area (Å²) in [6.07, 6.45) is 9.74. The van der Waals surface area contributed by atoms with Crippen LogP contribution in [0.3, 0.4) is 0 Å². The van der Waals surface area contributed by atoms with E-state index in [0.717, 1.165) is 34.8 Å². The number of carbonyl (C=O) groups is 8. The molecule has 123 heavy (non-hydrogen) atoms. The first-order valence-electron chi connectivity index (χ1n) is 39.1. The summed E-state index contributed by atoms with van der Waals surface area (Å²) >= 11 is 1.44. The minimum absolute atomic E-state index is 0.00116. The third-order valence-corrected chi connectivity index (χ3v) is 20.2. The van der Waals surface area contributed by atoms with E-state index in [-0.39, 0.29) is 128 Å². The Labute approximate surface area is 711 Å². The van der Waals surface area contributed by atoms with Gasteiger partial charge in [-0.2, -0.15) is 0 Å². The van der Waals surface area contributed by atoms with E-state index >= 15 is 0 Å². The number of ether oxygens (including phenoxy) is 4. The molecule has 14 N–H and O–H groups in total. The average molecular weight is 1720 g/mol. The molecular formula is C77H82B7N5O33S. The number of fused-ring (bicyclic) bond motifs is 7. The molecule has 640 valence electrons. The van der Waals surface area contributed by atoms with Gasteiger partial charge in [-0.15, -0.1) is 21.5 Å². The second-order valence-corrected chi connectivity index (χ2v) is 28.7. The van der Waals surface area contributed by atoms with Crippen LogP contribution in [0.1, 0.15) is 154 Å². The molecule has 0 bridgehead atoms. The lowest BCUT2D eigenvalue weighted by Gasteiger charge is -2.28. The molecule has 0 amide bonds. The second-order valence-electron chi connectivity index (χ2n) is 27.8. The molecule has 0 atom stereocenters. The summed E-state index contributed by atoms with van der Waals surface area (Å²) in [5.41, 5.74) is 7.46. The lowest BCUT2D eigenvalue weighted by Crippen LogP contribution is -2.37.